The second kappa shape index (κ2) is 36.2. The van der Waals surface area contributed by atoms with E-state index in [-0.39, 0.29) is 70.4 Å². The summed E-state index contributed by atoms with van der Waals surface area (Å²) in [7, 11) is 0. The minimum Gasteiger partial charge on any atom is -0.466 e. The van der Waals surface area contributed by atoms with Gasteiger partial charge in [0.05, 0.1) is 6.61 Å². The van der Waals surface area contributed by atoms with Crippen molar-refractivity contribution in [2.75, 3.05) is 16.0 Å². The van der Waals surface area contributed by atoms with Crippen LogP contribution in [0.1, 0.15) is 193 Å². The van der Waals surface area contributed by atoms with Crippen molar-refractivity contribution >= 4 is 18.2 Å². The maximum atomic E-state index is 12.3. The smallest absolute Gasteiger partial charge is 0.466 e. The minimum absolute atomic E-state index is 0. The zero-order valence-corrected chi connectivity index (χ0v) is 36.8. The molecule has 0 bridgehead atoms. The van der Waals surface area contributed by atoms with Crippen molar-refractivity contribution in [1.29, 1.82) is 0 Å². The van der Waals surface area contributed by atoms with Crippen LogP contribution in [0.4, 0.5) is 0 Å². The van der Waals surface area contributed by atoms with E-state index in [0.29, 0.717) is 25.9 Å². The molecule has 1 atom stereocenters. The Bertz CT molecular complexity index is 709. The Labute approximate surface area is 325 Å². The molecule has 0 N–H and O–H groups in total. The molecule has 0 aliphatic heterocycles. The van der Waals surface area contributed by atoms with Crippen LogP contribution in [0.15, 0.2) is 0 Å². The molecular weight excluding hydrogens is 925 g/mol. The van der Waals surface area contributed by atoms with Crippen LogP contribution < -0.4 is 21.2 Å². The van der Waals surface area contributed by atoms with Crippen LogP contribution >= 0.6 is 0 Å². The van der Waals surface area contributed by atoms with Crippen LogP contribution in [0, 0.1) is 49.9 Å². The number of rotatable bonds is 29. The van der Waals surface area contributed by atoms with Gasteiger partial charge in [-0.1, -0.05) is 64.2 Å². The van der Waals surface area contributed by atoms with Gasteiger partial charge in [0.1, 0.15) is 0 Å². The average molecular weight is 998 g/mol. The summed E-state index contributed by atoms with van der Waals surface area (Å²) < 4.78 is 12.5. The summed E-state index contributed by atoms with van der Waals surface area (Å²) >= 11 is 0.250. The van der Waals surface area contributed by atoms with Gasteiger partial charge in [-0.05, 0) is 31.1 Å². The summed E-state index contributed by atoms with van der Waals surface area (Å²) in [5.74, 6) is 1.88. The Kier molecular flexibility index (Phi) is 36.5. The first kappa shape index (κ1) is 47.4. The zero-order valence-electron chi connectivity index (χ0n) is 30.5. The fourth-order valence-corrected chi connectivity index (χ4v) is 8.14. The predicted molar refractivity (Wildman–Crippen MR) is 188 cm³/mol. The Balaban J connectivity index is 0.00000204. The van der Waals surface area contributed by atoms with Crippen molar-refractivity contribution in [3.8, 4) is 0 Å². The van der Waals surface area contributed by atoms with E-state index in [1.54, 1.807) is 0 Å². The second-order valence-corrected chi connectivity index (χ2v) is 16.5. The van der Waals surface area contributed by atoms with Crippen molar-refractivity contribution in [1.82, 2.24) is 0 Å². The summed E-state index contributed by atoms with van der Waals surface area (Å²) in [6, 6.07) is 0. The molecule has 0 aromatic rings. The fraction of sp³-hybridized carbons (Fsp3) is 0.900. The van der Waals surface area contributed by atoms with Gasteiger partial charge in [0, 0.05) is 6.42 Å². The van der Waals surface area contributed by atoms with E-state index in [0.717, 1.165) is 95.3 Å². The Hall–Kier alpha value is 0.392. The second-order valence-electron chi connectivity index (χ2n) is 13.9. The molecule has 0 heterocycles. The fourth-order valence-electron chi connectivity index (χ4n) is 6.99. The van der Waals surface area contributed by atoms with Crippen molar-refractivity contribution < 1.29 is 76.2 Å². The number of esters is 2. The normalized spacial score (nSPS) is 15.5. The Morgan fingerprint density at radius 1 is 0.702 bits per heavy atom. The molecule has 2 rings (SSSR count). The Morgan fingerprint density at radius 2 is 1.21 bits per heavy atom. The van der Waals surface area contributed by atoms with Crippen LogP contribution in [0.3, 0.4) is 0 Å². The van der Waals surface area contributed by atoms with Crippen molar-refractivity contribution in [2.45, 2.75) is 199 Å². The number of ether oxygens (including phenoxy) is 2. The summed E-state index contributed by atoms with van der Waals surface area (Å²) in [4.78, 5) is 36.8. The van der Waals surface area contributed by atoms with E-state index in [4.69, 9.17) is 9.47 Å². The van der Waals surface area contributed by atoms with Gasteiger partial charge in [0.15, 0.2) is 0 Å². The number of unbranched alkanes of at least 4 members (excludes halogenated alkanes) is 11. The monoisotopic (exact) mass is 997 g/mol. The average Bonchev–Trinajstić information content (AvgIpc) is 3.77. The molecule has 0 radical (unpaired) electrons. The minimum atomic E-state index is -0.0265. The van der Waals surface area contributed by atoms with Crippen LogP contribution in [0.2, 0.25) is 0 Å². The number of carbonyl (C=O) groups is 2. The van der Waals surface area contributed by atoms with E-state index in [2.05, 4.69) is 11.9 Å². The van der Waals surface area contributed by atoms with Crippen molar-refractivity contribution in [3.05, 3.63) is 6.92 Å². The molecule has 0 aromatic heterocycles. The first-order chi connectivity index (χ1) is 22.6. The number of alkyl halides is 2. The molecule has 2 fully saturated rings. The van der Waals surface area contributed by atoms with Crippen LogP contribution in [0.25, 0.3) is 0 Å². The van der Waals surface area contributed by atoms with E-state index in [1.165, 1.54) is 94.3 Å². The number of hydrogen-bond donors (Lipinski definition) is 0. The molecule has 1 unspecified atom stereocenters. The third kappa shape index (κ3) is 30.9. The molecule has 274 valence electrons. The number of halogens is 1. The van der Waals surface area contributed by atoms with Gasteiger partial charge in [-0.2, -0.15) is 12.8 Å². The van der Waals surface area contributed by atoms with E-state index < -0.39 is 0 Å². The van der Waals surface area contributed by atoms with E-state index in [9.17, 15) is 14.4 Å². The molecular formula is C40H72IO5U-. The quantitative estimate of drug-likeness (QED) is 0.0250. The molecule has 7 heteroatoms. The van der Waals surface area contributed by atoms with E-state index in [1.807, 2.05) is 6.29 Å². The van der Waals surface area contributed by atoms with Gasteiger partial charge in [0.25, 0.3) is 0 Å². The SMILES string of the molecule is C[I-]CCCC(=O)OC(CCCCCCCC[C-]=O)CCCCCCCCC(=O)OCCCC1CCCC1.[CH2-]CCC1CCCC1.[U+2]. The first-order valence-corrected chi connectivity index (χ1v) is 23.2. The maximum absolute atomic E-state index is 12.3. The standard InChI is InChI=1S/C32H57IO5.C8H15.U/c1-33-26-17-25-32(36)38-30(22-11-7-3-2-6-10-16-27-34)23-12-8-4-5-9-13-24-31(35)37-28-18-21-29-19-14-15-20-29;1-2-5-8-6-3-4-7-8;/h29-30H,2-26,28H2,1H3;8H,1-7H2;/q-2;-1;+2. The molecule has 2 aliphatic carbocycles. The third-order valence-corrected chi connectivity index (χ3v) is 11.6. The van der Waals surface area contributed by atoms with E-state index >= 15 is 0 Å². The molecule has 2 aliphatic rings. The van der Waals surface area contributed by atoms with Crippen molar-refractivity contribution in [2.24, 2.45) is 11.8 Å². The third-order valence-electron chi connectivity index (χ3n) is 9.80. The molecule has 0 amide bonds. The number of carbonyl (C=O) groups excluding carboxylic acids is 3. The molecule has 2 saturated carbocycles. The topological polar surface area (TPSA) is 69.7 Å². The first-order valence-electron chi connectivity index (χ1n) is 19.5. The van der Waals surface area contributed by atoms with Crippen molar-refractivity contribution in [3.63, 3.8) is 0 Å². The van der Waals surface area contributed by atoms with Gasteiger partial charge in [0.2, 0.25) is 0 Å². The Morgan fingerprint density at radius 3 is 1.77 bits per heavy atom. The van der Waals surface area contributed by atoms with Gasteiger partial charge in [-0.15, -0.1) is 0 Å². The van der Waals surface area contributed by atoms with Gasteiger partial charge in [-0.25, -0.2) is 0 Å². The summed E-state index contributed by atoms with van der Waals surface area (Å²) in [5, 5.41) is 0. The van der Waals surface area contributed by atoms with Crippen LogP contribution in [-0.2, 0) is 23.9 Å². The molecule has 0 saturated heterocycles. The zero-order chi connectivity index (χ0) is 33.3. The number of hydrogen-bond acceptors (Lipinski definition) is 5. The summed E-state index contributed by atoms with van der Waals surface area (Å²) in [6.07, 6.45) is 36.1. The molecule has 47 heavy (non-hydrogen) atoms. The van der Waals surface area contributed by atoms with Gasteiger partial charge >= 0.3 is 179 Å². The van der Waals surface area contributed by atoms with Crippen LogP contribution in [0.5, 0.6) is 0 Å². The molecule has 0 aromatic carbocycles. The molecule has 0 spiro atoms. The summed E-state index contributed by atoms with van der Waals surface area (Å²) in [6.45, 7) is 4.45. The van der Waals surface area contributed by atoms with Gasteiger partial charge < -0.3 is 16.5 Å². The summed E-state index contributed by atoms with van der Waals surface area (Å²) in [5.41, 5.74) is 0. The van der Waals surface area contributed by atoms with Gasteiger partial charge in [-0.3, -0.25) is 11.1 Å². The predicted octanol–water partition coefficient (Wildman–Crippen LogP) is 8.05. The molecule has 5 nitrogen and oxygen atoms in total. The van der Waals surface area contributed by atoms with Crippen LogP contribution in [-0.4, -0.2) is 40.3 Å².